The molecule has 0 aliphatic carbocycles. The summed E-state index contributed by atoms with van der Waals surface area (Å²) in [6, 6.07) is 0. The lowest BCUT2D eigenvalue weighted by Crippen LogP contribution is -2.46. The lowest BCUT2D eigenvalue weighted by Gasteiger charge is -2.36. The Labute approximate surface area is 116 Å². The largest absolute Gasteiger partial charge is 0.444 e. The van der Waals surface area contributed by atoms with Crippen LogP contribution in [0.25, 0.3) is 0 Å². The Hall–Kier alpha value is -0.810. The molecule has 1 heterocycles. The fraction of sp³-hybridized carbons (Fsp3) is 0.929. The van der Waals surface area contributed by atoms with Gasteiger partial charge < -0.3 is 20.5 Å². The van der Waals surface area contributed by atoms with Gasteiger partial charge in [0, 0.05) is 18.6 Å². The van der Waals surface area contributed by atoms with Crippen LogP contribution in [0, 0.1) is 5.92 Å². The number of nitrogens with two attached hydrogens (primary N) is 1. The zero-order valence-electron chi connectivity index (χ0n) is 12.6. The van der Waals surface area contributed by atoms with Crippen molar-refractivity contribution in [2.24, 2.45) is 11.7 Å². The highest BCUT2D eigenvalue weighted by Crippen LogP contribution is 2.26. The topological polar surface area (TPSA) is 75.8 Å². The minimum Gasteiger partial charge on any atom is -0.444 e. The van der Waals surface area contributed by atoms with Gasteiger partial charge in [0.1, 0.15) is 5.60 Å². The average molecular weight is 272 g/mol. The Morgan fingerprint density at radius 1 is 1.32 bits per heavy atom. The molecule has 1 rings (SSSR count). The molecule has 1 fully saturated rings. The fourth-order valence-corrected chi connectivity index (χ4v) is 2.37. The van der Waals surface area contributed by atoms with Gasteiger partial charge in [-0.3, -0.25) is 0 Å². The zero-order chi connectivity index (χ0) is 14.7. The highest BCUT2D eigenvalue weighted by Gasteiger charge is 2.30. The van der Waals surface area contributed by atoms with E-state index in [0.717, 1.165) is 19.3 Å². The van der Waals surface area contributed by atoms with Crippen LogP contribution in [0.4, 0.5) is 4.79 Å². The second kappa shape index (κ2) is 6.09. The third-order valence-corrected chi connectivity index (χ3v) is 3.38. The molecule has 0 radical (unpaired) electrons. The number of carbonyl (C=O) groups excluding carboxylic acids is 1. The Morgan fingerprint density at radius 3 is 2.26 bits per heavy atom. The standard InChI is InChI=1S/C14H28N2O3/c1-13(2,3)19-12(18)16-7-5-11(6-8-16)9-14(4,15)10-17/h11,17H,5-10,15H2,1-4H3. The van der Waals surface area contributed by atoms with Gasteiger partial charge >= 0.3 is 6.09 Å². The van der Waals surface area contributed by atoms with E-state index in [1.54, 1.807) is 4.90 Å². The lowest BCUT2D eigenvalue weighted by molar-refractivity contribution is 0.0169. The van der Waals surface area contributed by atoms with E-state index in [1.165, 1.54) is 0 Å². The van der Waals surface area contributed by atoms with E-state index in [0.29, 0.717) is 19.0 Å². The minimum atomic E-state index is -0.515. The van der Waals surface area contributed by atoms with Crippen LogP contribution < -0.4 is 5.73 Å². The highest BCUT2D eigenvalue weighted by atomic mass is 16.6. The van der Waals surface area contributed by atoms with Gasteiger partial charge in [0.2, 0.25) is 0 Å². The van der Waals surface area contributed by atoms with Crippen molar-refractivity contribution in [2.75, 3.05) is 19.7 Å². The molecule has 1 aliphatic heterocycles. The molecule has 1 unspecified atom stereocenters. The predicted molar refractivity (Wildman–Crippen MR) is 74.8 cm³/mol. The van der Waals surface area contributed by atoms with Crippen molar-refractivity contribution in [3.63, 3.8) is 0 Å². The van der Waals surface area contributed by atoms with Crippen molar-refractivity contribution >= 4 is 6.09 Å². The van der Waals surface area contributed by atoms with Crippen molar-refractivity contribution in [2.45, 2.75) is 58.1 Å². The number of rotatable bonds is 3. The van der Waals surface area contributed by atoms with Gasteiger partial charge in [-0.2, -0.15) is 0 Å². The number of carbonyl (C=O) groups is 1. The van der Waals surface area contributed by atoms with Crippen LogP contribution in [0.3, 0.4) is 0 Å². The summed E-state index contributed by atoms with van der Waals surface area (Å²) in [5, 5.41) is 9.18. The average Bonchev–Trinajstić information content (AvgIpc) is 2.27. The van der Waals surface area contributed by atoms with Crippen LogP contribution in [0.15, 0.2) is 0 Å². The first kappa shape index (κ1) is 16.2. The summed E-state index contributed by atoms with van der Waals surface area (Å²) in [4.78, 5) is 13.7. The number of piperidine rings is 1. The number of likely N-dealkylation sites (tertiary alicyclic amines) is 1. The van der Waals surface area contributed by atoms with Gasteiger partial charge in [0.15, 0.2) is 0 Å². The second-order valence-electron chi connectivity index (χ2n) is 6.93. The van der Waals surface area contributed by atoms with Crippen LogP contribution in [-0.4, -0.2) is 46.9 Å². The van der Waals surface area contributed by atoms with Crippen LogP contribution in [-0.2, 0) is 4.74 Å². The summed E-state index contributed by atoms with van der Waals surface area (Å²) in [5.41, 5.74) is 5.01. The van der Waals surface area contributed by atoms with Gasteiger partial charge in [-0.1, -0.05) is 0 Å². The summed E-state index contributed by atoms with van der Waals surface area (Å²) in [6.07, 6.45) is 2.41. The van der Waals surface area contributed by atoms with Crippen LogP contribution >= 0.6 is 0 Å². The molecule has 0 bridgehead atoms. The van der Waals surface area contributed by atoms with Gasteiger partial charge in [0.05, 0.1) is 6.61 Å². The van der Waals surface area contributed by atoms with E-state index in [4.69, 9.17) is 10.5 Å². The van der Waals surface area contributed by atoms with Gasteiger partial charge in [-0.15, -0.1) is 0 Å². The zero-order valence-corrected chi connectivity index (χ0v) is 12.6. The van der Waals surface area contributed by atoms with Gasteiger partial charge in [0.25, 0.3) is 0 Å². The van der Waals surface area contributed by atoms with Crippen LogP contribution in [0.1, 0.15) is 47.0 Å². The molecule has 112 valence electrons. The maximum Gasteiger partial charge on any atom is 0.410 e. The van der Waals surface area contributed by atoms with E-state index in [9.17, 15) is 9.90 Å². The number of ether oxygens (including phenoxy) is 1. The van der Waals surface area contributed by atoms with E-state index >= 15 is 0 Å². The molecule has 3 N–H and O–H groups in total. The summed E-state index contributed by atoms with van der Waals surface area (Å²) in [6.45, 7) is 8.91. The molecule has 1 amide bonds. The van der Waals surface area contributed by atoms with E-state index in [2.05, 4.69) is 0 Å². The SMILES string of the molecule is CC(N)(CO)CC1CCN(C(=O)OC(C)(C)C)CC1. The van der Waals surface area contributed by atoms with Crippen molar-refractivity contribution in [3.8, 4) is 0 Å². The minimum absolute atomic E-state index is 0.000714. The lowest BCUT2D eigenvalue weighted by atomic mass is 9.84. The highest BCUT2D eigenvalue weighted by molar-refractivity contribution is 5.68. The molecule has 5 nitrogen and oxygen atoms in total. The third kappa shape index (κ3) is 5.78. The molecule has 19 heavy (non-hydrogen) atoms. The normalized spacial score (nSPS) is 21.1. The third-order valence-electron chi connectivity index (χ3n) is 3.38. The van der Waals surface area contributed by atoms with Crippen molar-refractivity contribution in [1.29, 1.82) is 0 Å². The van der Waals surface area contributed by atoms with Gasteiger partial charge in [-0.25, -0.2) is 4.79 Å². The number of hydrogen-bond donors (Lipinski definition) is 2. The molecule has 0 aromatic heterocycles. The number of aliphatic hydroxyl groups excluding tert-OH is 1. The van der Waals surface area contributed by atoms with Crippen molar-refractivity contribution in [3.05, 3.63) is 0 Å². The summed E-state index contributed by atoms with van der Waals surface area (Å²) < 4.78 is 5.36. The number of hydrogen-bond acceptors (Lipinski definition) is 4. The predicted octanol–water partition coefficient (Wildman–Crippen LogP) is 1.73. The molecule has 1 atom stereocenters. The molecule has 0 aromatic carbocycles. The molecule has 0 spiro atoms. The Bertz CT molecular complexity index is 302. The second-order valence-corrected chi connectivity index (χ2v) is 6.93. The number of aliphatic hydroxyl groups is 1. The maximum absolute atomic E-state index is 11.9. The van der Waals surface area contributed by atoms with E-state index in [-0.39, 0.29) is 12.7 Å². The molecule has 1 saturated heterocycles. The molecule has 0 saturated carbocycles. The number of nitrogens with zero attached hydrogens (tertiary/aromatic N) is 1. The smallest absolute Gasteiger partial charge is 0.410 e. The van der Waals surface area contributed by atoms with E-state index < -0.39 is 11.1 Å². The Balaban J connectivity index is 2.39. The van der Waals surface area contributed by atoms with Crippen LogP contribution in [0.5, 0.6) is 0 Å². The summed E-state index contributed by atoms with van der Waals surface area (Å²) in [7, 11) is 0. The molecule has 5 heteroatoms. The quantitative estimate of drug-likeness (QED) is 0.820. The molecule has 0 aromatic rings. The van der Waals surface area contributed by atoms with E-state index in [1.807, 2.05) is 27.7 Å². The molecular weight excluding hydrogens is 244 g/mol. The van der Waals surface area contributed by atoms with Crippen molar-refractivity contribution < 1.29 is 14.6 Å². The van der Waals surface area contributed by atoms with Crippen LogP contribution in [0.2, 0.25) is 0 Å². The Kier molecular flexibility index (Phi) is 5.21. The summed E-state index contributed by atoms with van der Waals surface area (Å²) in [5.74, 6) is 0.473. The first-order chi connectivity index (χ1) is 8.63. The number of amides is 1. The Morgan fingerprint density at radius 2 is 1.84 bits per heavy atom. The fourth-order valence-electron chi connectivity index (χ4n) is 2.37. The maximum atomic E-state index is 11.9. The first-order valence-electron chi connectivity index (χ1n) is 7.01. The van der Waals surface area contributed by atoms with Gasteiger partial charge in [-0.05, 0) is 52.9 Å². The first-order valence-corrected chi connectivity index (χ1v) is 7.01. The molecule has 1 aliphatic rings. The monoisotopic (exact) mass is 272 g/mol. The summed E-state index contributed by atoms with van der Waals surface area (Å²) >= 11 is 0. The molecular formula is C14H28N2O3. The van der Waals surface area contributed by atoms with Crippen molar-refractivity contribution in [1.82, 2.24) is 4.90 Å².